The maximum atomic E-state index is 14.7. The third-order valence-electron chi connectivity index (χ3n) is 5.47. The van der Waals surface area contributed by atoms with Crippen LogP contribution in [0, 0.1) is 5.82 Å². The summed E-state index contributed by atoms with van der Waals surface area (Å²) in [7, 11) is -2.09. The highest BCUT2D eigenvalue weighted by molar-refractivity contribution is 7.86. The summed E-state index contributed by atoms with van der Waals surface area (Å²) in [5.41, 5.74) is 1.27. The Morgan fingerprint density at radius 2 is 1.72 bits per heavy atom. The molecule has 2 aromatic carbocycles. The Kier molecular flexibility index (Phi) is 5.92. The minimum absolute atomic E-state index is 0.296. The van der Waals surface area contributed by atoms with Crippen molar-refractivity contribution in [1.29, 1.82) is 0 Å². The average molecular weight is 440 g/mol. The molecule has 2 aliphatic heterocycles. The van der Waals surface area contributed by atoms with Crippen molar-refractivity contribution in [3.8, 4) is 0 Å². The predicted octanol–water partition coefficient (Wildman–Crippen LogP) is 3.04. The van der Waals surface area contributed by atoms with Gasteiger partial charge < -0.3 is 4.74 Å². The second-order valence-corrected chi connectivity index (χ2v) is 9.48. The molecule has 0 aromatic heterocycles. The Labute approximate surface area is 175 Å². The van der Waals surface area contributed by atoms with Gasteiger partial charge in [0.05, 0.1) is 19.3 Å². The van der Waals surface area contributed by atoms with Crippen molar-refractivity contribution in [1.82, 2.24) is 13.7 Å². The van der Waals surface area contributed by atoms with Crippen molar-refractivity contribution in [2.45, 2.75) is 12.0 Å². The van der Waals surface area contributed by atoms with Gasteiger partial charge in [0.15, 0.2) is 0 Å². The van der Waals surface area contributed by atoms with Gasteiger partial charge in [0.25, 0.3) is 10.2 Å². The molecule has 0 bridgehead atoms. The second-order valence-electron chi connectivity index (χ2n) is 7.26. The van der Waals surface area contributed by atoms with Gasteiger partial charge in [0.2, 0.25) is 0 Å². The van der Waals surface area contributed by atoms with Crippen LogP contribution in [0.25, 0.3) is 0 Å². The van der Waals surface area contributed by atoms with Crippen molar-refractivity contribution >= 4 is 21.8 Å². The first-order valence-corrected chi connectivity index (χ1v) is 11.3. The summed E-state index contributed by atoms with van der Waals surface area (Å²) in [6.07, 6.45) is 0. The highest BCUT2D eigenvalue weighted by atomic mass is 35.5. The number of likely N-dealkylation sites (N-methyl/N-ethyl adjacent to an activating group) is 1. The van der Waals surface area contributed by atoms with E-state index in [0.717, 1.165) is 5.56 Å². The molecule has 0 saturated carbocycles. The number of benzene rings is 2. The van der Waals surface area contributed by atoms with Crippen LogP contribution in [0.4, 0.5) is 4.39 Å². The first-order valence-electron chi connectivity index (χ1n) is 9.48. The highest BCUT2D eigenvalue weighted by Gasteiger charge is 2.49. The van der Waals surface area contributed by atoms with Crippen LogP contribution in [0.2, 0.25) is 5.02 Å². The summed E-state index contributed by atoms with van der Waals surface area (Å²) < 4.78 is 49.9. The summed E-state index contributed by atoms with van der Waals surface area (Å²) >= 11 is 6.05. The van der Waals surface area contributed by atoms with Crippen LogP contribution in [-0.2, 0) is 14.9 Å². The molecule has 2 saturated heterocycles. The van der Waals surface area contributed by atoms with Crippen LogP contribution in [0.5, 0.6) is 0 Å². The largest absolute Gasteiger partial charge is 0.379 e. The Balaban J connectivity index is 1.80. The van der Waals surface area contributed by atoms with Gasteiger partial charge in [-0.2, -0.15) is 12.7 Å². The number of morpholine rings is 1. The molecule has 0 spiro atoms. The van der Waals surface area contributed by atoms with Gasteiger partial charge in [-0.3, -0.25) is 0 Å². The van der Waals surface area contributed by atoms with E-state index in [9.17, 15) is 12.8 Å². The normalized spacial score (nSPS) is 24.8. The Morgan fingerprint density at radius 3 is 2.38 bits per heavy atom. The third kappa shape index (κ3) is 3.93. The minimum atomic E-state index is -3.81. The van der Waals surface area contributed by atoms with Crippen LogP contribution < -0.4 is 0 Å². The predicted molar refractivity (Wildman–Crippen MR) is 109 cm³/mol. The molecule has 2 atom stereocenters. The molecule has 2 unspecified atom stereocenters. The van der Waals surface area contributed by atoms with Crippen LogP contribution in [0.3, 0.4) is 0 Å². The summed E-state index contributed by atoms with van der Waals surface area (Å²) in [5, 5.41) is 2.23. The van der Waals surface area contributed by atoms with Crippen LogP contribution in [-0.4, -0.2) is 62.0 Å². The first kappa shape index (κ1) is 20.7. The fourth-order valence-electron chi connectivity index (χ4n) is 4.11. The van der Waals surface area contributed by atoms with Gasteiger partial charge in [0, 0.05) is 37.6 Å². The molecule has 4 rings (SSSR count). The molecule has 0 amide bonds. The van der Waals surface area contributed by atoms with Gasteiger partial charge in [-0.05, 0) is 29.3 Å². The molecular weight excluding hydrogens is 417 g/mol. The van der Waals surface area contributed by atoms with E-state index >= 15 is 0 Å². The number of hydrogen-bond donors (Lipinski definition) is 0. The Morgan fingerprint density at radius 1 is 1.07 bits per heavy atom. The molecular formula is C20H23ClFN3O3S. The van der Waals surface area contributed by atoms with Crippen LogP contribution in [0.1, 0.15) is 23.1 Å². The number of hydrogen-bond acceptors (Lipinski definition) is 4. The number of ether oxygens (including phenoxy) is 1. The fraction of sp³-hybridized carbons (Fsp3) is 0.400. The van der Waals surface area contributed by atoms with E-state index in [0.29, 0.717) is 43.4 Å². The molecule has 2 aliphatic rings. The highest BCUT2D eigenvalue weighted by Crippen LogP contribution is 2.45. The smallest absolute Gasteiger partial charge is 0.295 e. The van der Waals surface area contributed by atoms with E-state index in [4.69, 9.17) is 16.3 Å². The molecule has 156 valence electrons. The van der Waals surface area contributed by atoms with E-state index in [1.165, 1.54) is 14.8 Å². The first-order chi connectivity index (χ1) is 13.9. The van der Waals surface area contributed by atoms with E-state index in [1.54, 1.807) is 42.4 Å². The van der Waals surface area contributed by atoms with E-state index < -0.39 is 16.3 Å². The molecule has 0 radical (unpaired) electrons. The molecule has 2 aromatic rings. The lowest BCUT2D eigenvalue weighted by atomic mass is 9.88. The second kappa shape index (κ2) is 8.29. The zero-order valence-electron chi connectivity index (χ0n) is 16.0. The summed E-state index contributed by atoms with van der Waals surface area (Å²) in [6, 6.07) is 13.0. The summed E-state index contributed by atoms with van der Waals surface area (Å²) in [4.78, 5) is 0. The topological polar surface area (TPSA) is 53.1 Å². The van der Waals surface area contributed by atoms with Gasteiger partial charge in [-0.1, -0.05) is 41.9 Å². The van der Waals surface area contributed by atoms with Crippen molar-refractivity contribution < 1.29 is 17.5 Å². The molecule has 29 heavy (non-hydrogen) atoms. The van der Waals surface area contributed by atoms with Crippen molar-refractivity contribution in [2.75, 3.05) is 39.9 Å². The lowest BCUT2D eigenvalue weighted by Gasteiger charge is -2.36. The lowest BCUT2D eigenvalue weighted by molar-refractivity contribution is 0.0573. The number of nitrogens with zero attached hydrogens (tertiary/aromatic N) is 3. The van der Waals surface area contributed by atoms with Crippen molar-refractivity contribution in [3.63, 3.8) is 0 Å². The van der Waals surface area contributed by atoms with Gasteiger partial charge in [-0.15, -0.1) is 4.41 Å². The summed E-state index contributed by atoms with van der Waals surface area (Å²) in [5.74, 6) is -0.700. The molecule has 9 heteroatoms. The van der Waals surface area contributed by atoms with Gasteiger partial charge >= 0.3 is 0 Å². The molecule has 0 aliphatic carbocycles. The molecule has 6 nitrogen and oxygen atoms in total. The standard InChI is InChI=1S/C20H23ClFN3O3S/c1-23-14-18(17-4-2-3-5-19(17)22)20(15-6-8-16(21)9-7-15)25(23)29(26,27)24-10-12-28-13-11-24/h2-9,18,20H,10-14H2,1H3. The lowest BCUT2D eigenvalue weighted by Crippen LogP contribution is -2.51. The number of hydrazine groups is 1. The van der Waals surface area contributed by atoms with Gasteiger partial charge in [0.1, 0.15) is 5.82 Å². The quantitative estimate of drug-likeness (QED) is 0.734. The number of halogens is 2. The summed E-state index contributed by atoms with van der Waals surface area (Å²) in [6.45, 7) is 1.69. The SMILES string of the molecule is CN1CC(c2ccccc2F)C(c2ccc(Cl)cc2)N1S(=O)(=O)N1CCOCC1. The van der Waals surface area contributed by atoms with Crippen molar-refractivity contribution in [3.05, 3.63) is 70.5 Å². The Bertz CT molecular complexity index is 967. The zero-order valence-corrected chi connectivity index (χ0v) is 17.6. The average Bonchev–Trinajstić information content (AvgIpc) is 3.07. The molecule has 2 heterocycles. The third-order valence-corrected chi connectivity index (χ3v) is 7.71. The van der Waals surface area contributed by atoms with E-state index in [-0.39, 0.29) is 11.7 Å². The fourth-order valence-corrected chi connectivity index (χ4v) is 6.06. The zero-order chi connectivity index (χ0) is 20.6. The Hall–Kier alpha value is -1.55. The van der Waals surface area contributed by atoms with E-state index in [1.807, 2.05) is 12.1 Å². The van der Waals surface area contributed by atoms with Crippen molar-refractivity contribution in [2.24, 2.45) is 0 Å². The molecule has 0 N–H and O–H groups in total. The minimum Gasteiger partial charge on any atom is -0.379 e. The maximum Gasteiger partial charge on any atom is 0.295 e. The van der Waals surface area contributed by atoms with Crippen LogP contribution >= 0.6 is 11.6 Å². The number of rotatable bonds is 4. The maximum absolute atomic E-state index is 14.7. The van der Waals surface area contributed by atoms with E-state index in [2.05, 4.69) is 0 Å². The van der Waals surface area contributed by atoms with Crippen LogP contribution in [0.15, 0.2) is 48.5 Å². The molecule has 2 fully saturated rings. The monoisotopic (exact) mass is 439 g/mol. The van der Waals surface area contributed by atoms with Gasteiger partial charge in [-0.25, -0.2) is 9.40 Å².